The second-order valence-corrected chi connectivity index (χ2v) is 14.3. The fourth-order valence-electron chi connectivity index (χ4n) is 2.78. The molecule has 170 valence electrons. The standard InChI is InChI=1S/C21H23Cl2N4O3PS/c1-13(2)32(29,30)19-8-6-5-7-18(19)25-20-16(23)12-24-21(27-20)26-17-10-9-14(11-15(17)22)31(3,4)28/h5-13H,1-4H3,(H2,24,25,26,27). The Kier molecular flexibility index (Phi) is 7.20. The molecule has 7 nitrogen and oxygen atoms in total. The highest BCUT2D eigenvalue weighted by Crippen LogP contribution is 2.37. The molecule has 32 heavy (non-hydrogen) atoms. The van der Waals surface area contributed by atoms with Gasteiger partial charge in [0.15, 0.2) is 15.7 Å². The summed E-state index contributed by atoms with van der Waals surface area (Å²) in [7, 11) is -5.97. The number of nitrogens with one attached hydrogen (secondary N) is 2. The van der Waals surface area contributed by atoms with Crippen molar-refractivity contribution in [1.82, 2.24) is 9.97 Å². The highest BCUT2D eigenvalue weighted by Gasteiger charge is 2.23. The molecule has 0 atom stereocenters. The molecule has 11 heteroatoms. The Hall–Kier alpha value is -2.12. The summed E-state index contributed by atoms with van der Waals surface area (Å²) >= 11 is 12.6. The number of para-hydroxylation sites is 1. The van der Waals surface area contributed by atoms with Crippen molar-refractivity contribution in [3.05, 3.63) is 58.7 Å². The maximum absolute atomic E-state index is 12.7. The van der Waals surface area contributed by atoms with E-state index in [4.69, 9.17) is 23.2 Å². The molecule has 0 spiro atoms. The summed E-state index contributed by atoms with van der Waals surface area (Å²) in [6.07, 6.45) is 1.40. The van der Waals surface area contributed by atoms with Gasteiger partial charge in [-0.1, -0.05) is 35.3 Å². The molecule has 3 rings (SSSR count). The monoisotopic (exact) mass is 512 g/mol. The summed E-state index contributed by atoms with van der Waals surface area (Å²) < 4.78 is 37.7. The van der Waals surface area contributed by atoms with Crippen molar-refractivity contribution in [2.75, 3.05) is 24.0 Å². The SMILES string of the molecule is CC(C)S(=O)(=O)c1ccccc1Nc1nc(Nc2ccc(P(C)(C)=O)cc2Cl)ncc1Cl. The highest BCUT2D eigenvalue weighted by molar-refractivity contribution is 7.92. The van der Waals surface area contributed by atoms with Crippen molar-refractivity contribution in [3.8, 4) is 0 Å². The van der Waals surface area contributed by atoms with E-state index in [1.807, 2.05) is 0 Å². The fraction of sp³-hybridized carbons (Fsp3) is 0.238. The zero-order chi connectivity index (χ0) is 23.7. The molecular formula is C21H23Cl2N4O3PS. The van der Waals surface area contributed by atoms with Gasteiger partial charge in [-0.2, -0.15) is 4.98 Å². The molecule has 0 saturated carbocycles. The Bertz CT molecular complexity index is 1310. The van der Waals surface area contributed by atoms with E-state index in [0.29, 0.717) is 21.7 Å². The van der Waals surface area contributed by atoms with E-state index in [1.165, 1.54) is 12.3 Å². The maximum Gasteiger partial charge on any atom is 0.229 e. The average molecular weight is 513 g/mol. The lowest BCUT2D eigenvalue weighted by Crippen LogP contribution is -2.15. The van der Waals surface area contributed by atoms with Gasteiger partial charge in [-0.3, -0.25) is 0 Å². The summed E-state index contributed by atoms with van der Waals surface area (Å²) in [6, 6.07) is 11.6. The molecule has 0 amide bonds. The lowest BCUT2D eigenvalue weighted by atomic mass is 10.3. The number of nitrogens with zero attached hydrogens (tertiary/aromatic N) is 2. The van der Waals surface area contributed by atoms with Crippen LogP contribution in [0, 0.1) is 0 Å². The van der Waals surface area contributed by atoms with E-state index in [-0.39, 0.29) is 21.7 Å². The first kappa shape index (κ1) is 24.5. The minimum atomic E-state index is -3.53. The predicted octanol–water partition coefficient (Wildman–Crippen LogP) is 5.70. The molecule has 0 aliphatic heterocycles. The second kappa shape index (κ2) is 9.40. The lowest BCUT2D eigenvalue weighted by molar-refractivity contribution is 0.587. The van der Waals surface area contributed by atoms with Crippen LogP contribution in [0.15, 0.2) is 53.6 Å². The minimum Gasteiger partial charge on any atom is -0.338 e. The zero-order valence-corrected chi connectivity index (χ0v) is 21.1. The van der Waals surface area contributed by atoms with Crippen LogP contribution in [0.4, 0.5) is 23.1 Å². The molecule has 0 bridgehead atoms. The first-order valence-corrected chi connectivity index (χ1v) is 14.5. The van der Waals surface area contributed by atoms with Crippen molar-refractivity contribution in [3.63, 3.8) is 0 Å². The third kappa shape index (κ3) is 5.44. The topological polar surface area (TPSA) is 101 Å². The van der Waals surface area contributed by atoms with Crippen LogP contribution in [0.5, 0.6) is 0 Å². The molecular weight excluding hydrogens is 490 g/mol. The molecule has 1 heterocycles. The first-order chi connectivity index (χ1) is 14.9. The molecule has 2 aromatic carbocycles. The molecule has 0 aliphatic carbocycles. The van der Waals surface area contributed by atoms with Gasteiger partial charge >= 0.3 is 0 Å². The summed E-state index contributed by atoms with van der Waals surface area (Å²) in [5.41, 5.74) is 0.886. The average Bonchev–Trinajstić information content (AvgIpc) is 2.71. The van der Waals surface area contributed by atoms with Gasteiger partial charge in [0, 0.05) is 5.30 Å². The Labute approximate surface area is 197 Å². The van der Waals surface area contributed by atoms with Gasteiger partial charge in [-0.15, -0.1) is 0 Å². The third-order valence-electron chi connectivity index (χ3n) is 4.63. The quantitative estimate of drug-likeness (QED) is 0.391. The Morgan fingerprint density at radius 2 is 1.66 bits per heavy atom. The first-order valence-electron chi connectivity index (χ1n) is 9.64. The van der Waals surface area contributed by atoms with E-state index in [1.54, 1.807) is 63.6 Å². The predicted molar refractivity (Wildman–Crippen MR) is 133 cm³/mol. The fourth-order valence-corrected chi connectivity index (χ4v) is 5.29. The maximum atomic E-state index is 12.7. The van der Waals surface area contributed by atoms with E-state index in [9.17, 15) is 13.0 Å². The van der Waals surface area contributed by atoms with Crippen LogP contribution < -0.4 is 15.9 Å². The normalized spacial score (nSPS) is 12.1. The number of aromatic nitrogens is 2. The Balaban J connectivity index is 1.93. The smallest absolute Gasteiger partial charge is 0.229 e. The number of benzene rings is 2. The van der Waals surface area contributed by atoms with Gasteiger partial charge in [0.05, 0.1) is 32.7 Å². The van der Waals surface area contributed by atoms with Crippen molar-refractivity contribution >= 4 is 68.6 Å². The van der Waals surface area contributed by atoms with E-state index in [0.717, 1.165) is 0 Å². The number of sulfone groups is 1. The van der Waals surface area contributed by atoms with Gasteiger partial charge in [-0.25, -0.2) is 13.4 Å². The van der Waals surface area contributed by atoms with Gasteiger partial charge < -0.3 is 15.2 Å². The molecule has 0 radical (unpaired) electrons. The van der Waals surface area contributed by atoms with Gasteiger partial charge in [-0.05, 0) is 57.5 Å². The van der Waals surface area contributed by atoms with Gasteiger partial charge in [0.2, 0.25) is 5.95 Å². The van der Waals surface area contributed by atoms with Crippen molar-refractivity contribution in [2.45, 2.75) is 24.0 Å². The lowest BCUT2D eigenvalue weighted by Gasteiger charge is -2.15. The molecule has 2 N–H and O–H groups in total. The van der Waals surface area contributed by atoms with Crippen molar-refractivity contribution in [2.24, 2.45) is 0 Å². The molecule has 3 aromatic rings. The summed E-state index contributed by atoms with van der Waals surface area (Å²) in [5.74, 6) is 0.432. The van der Waals surface area contributed by atoms with Gasteiger partial charge in [0.1, 0.15) is 12.2 Å². The van der Waals surface area contributed by atoms with E-state index >= 15 is 0 Å². The summed E-state index contributed by atoms with van der Waals surface area (Å²) in [5, 5.41) is 6.66. The number of halogens is 2. The molecule has 1 aromatic heterocycles. The Morgan fingerprint density at radius 3 is 2.28 bits per heavy atom. The van der Waals surface area contributed by atoms with Crippen molar-refractivity contribution < 1.29 is 13.0 Å². The van der Waals surface area contributed by atoms with Crippen LogP contribution in [0.1, 0.15) is 13.8 Å². The summed E-state index contributed by atoms with van der Waals surface area (Å²) in [4.78, 5) is 8.69. The number of hydrogen-bond donors (Lipinski definition) is 2. The number of hydrogen-bond acceptors (Lipinski definition) is 7. The van der Waals surface area contributed by atoms with Crippen LogP contribution in [-0.2, 0) is 14.4 Å². The minimum absolute atomic E-state index is 0.154. The number of anilines is 4. The molecule has 0 unspecified atom stereocenters. The van der Waals surface area contributed by atoms with Gasteiger partial charge in [0.25, 0.3) is 0 Å². The largest absolute Gasteiger partial charge is 0.338 e. The van der Waals surface area contributed by atoms with Crippen LogP contribution in [-0.4, -0.2) is 37.0 Å². The Morgan fingerprint density at radius 1 is 0.969 bits per heavy atom. The van der Waals surface area contributed by atoms with Crippen LogP contribution in [0.25, 0.3) is 0 Å². The molecule has 0 saturated heterocycles. The number of rotatable bonds is 7. The highest BCUT2D eigenvalue weighted by atomic mass is 35.5. The zero-order valence-electron chi connectivity index (χ0n) is 17.9. The van der Waals surface area contributed by atoms with Crippen LogP contribution >= 0.6 is 30.3 Å². The van der Waals surface area contributed by atoms with Crippen molar-refractivity contribution in [1.29, 1.82) is 0 Å². The van der Waals surface area contributed by atoms with E-state index < -0.39 is 22.2 Å². The molecule has 0 aliphatic rings. The van der Waals surface area contributed by atoms with Crippen LogP contribution in [0.3, 0.4) is 0 Å². The van der Waals surface area contributed by atoms with Crippen LogP contribution in [0.2, 0.25) is 10.0 Å². The second-order valence-electron chi connectivity index (χ2n) is 7.75. The third-order valence-corrected chi connectivity index (χ3v) is 8.95. The summed E-state index contributed by atoms with van der Waals surface area (Å²) in [6.45, 7) is 6.58. The molecule has 0 fully saturated rings. The van der Waals surface area contributed by atoms with E-state index in [2.05, 4.69) is 20.6 Å².